The molecule has 0 amide bonds. The van der Waals surface area contributed by atoms with E-state index in [9.17, 15) is 0 Å². The molecule has 32 heavy (non-hydrogen) atoms. The van der Waals surface area contributed by atoms with Gasteiger partial charge in [0.1, 0.15) is 6.33 Å². The van der Waals surface area contributed by atoms with Crippen molar-refractivity contribution in [3.8, 4) is 17.1 Å². The van der Waals surface area contributed by atoms with Gasteiger partial charge in [0, 0.05) is 31.0 Å². The topological polar surface area (TPSA) is 95.8 Å². The van der Waals surface area contributed by atoms with Crippen LogP contribution in [0.3, 0.4) is 0 Å². The molecular weight excluding hydrogens is 515 g/mol. The van der Waals surface area contributed by atoms with E-state index in [-0.39, 0.29) is 24.0 Å². The standard InChI is InChI=1S/C23H26N8.HI/c1-2-24-23(26-16-19-5-3-6-20(15-19)22-27-17-28-30-22)25-13-11-18-7-9-21(10-8-18)31-14-4-12-29-31;/h3-10,12,14-15,17H,2,11,13,16H2,1H3,(H2,24,25,26)(H,27,28,30);1H. The number of rotatable bonds is 8. The second-order valence-electron chi connectivity index (χ2n) is 7.02. The number of hydrogen-bond acceptors (Lipinski definition) is 4. The van der Waals surface area contributed by atoms with E-state index in [0.717, 1.165) is 48.1 Å². The minimum atomic E-state index is 0. The summed E-state index contributed by atoms with van der Waals surface area (Å²) in [4.78, 5) is 8.93. The molecule has 4 aromatic rings. The van der Waals surface area contributed by atoms with Gasteiger partial charge in [0.05, 0.1) is 12.2 Å². The molecule has 2 aromatic carbocycles. The minimum Gasteiger partial charge on any atom is -0.357 e. The van der Waals surface area contributed by atoms with E-state index in [1.54, 1.807) is 6.20 Å². The molecule has 0 aliphatic carbocycles. The van der Waals surface area contributed by atoms with Gasteiger partial charge in [-0.3, -0.25) is 5.10 Å². The smallest absolute Gasteiger partial charge is 0.191 e. The Kier molecular flexibility index (Phi) is 8.79. The summed E-state index contributed by atoms with van der Waals surface area (Å²) in [5.41, 5.74) is 4.44. The van der Waals surface area contributed by atoms with Crippen molar-refractivity contribution < 1.29 is 0 Å². The van der Waals surface area contributed by atoms with Gasteiger partial charge in [-0.15, -0.1) is 24.0 Å². The number of aromatic nitrogens is 5. The third kappa shape index (κ3) is 6.39. The van der Waals surface area contributed by atoms with Gasteiger partial charge in [0.2, 0.25) is 0 Å². The SMILES string of the molecule is CCNC(=NCc1cccc(-c2ncn[nH]2)c1)NCCc1ccc(-n2cccn2)cc1.I. The highest BCUT2D eigenvalue weighted by Gasteiger charge is 2.03. The lowest BCUT2D eigenvalue weighted by Gasteiger charge is -2.12. The number of halogens is 1. The predicted octanol–water partition coefficient (Wildman–Crippen LogP) is 3.57. The normalized spacial score (nSPS) is 11.1. The van der Waals surface area contributed by atoms with Crippen LogP contribution in [0.2, 0.25) is 0 Å². The van der Waals surface area contributed by atoms with Gasteiger partial charge < -0.3 is 10.6 Å². The molecule has 0 bridgehead atoms. The molecule has 2 aromatic heterocycles. The molecule has 0 saturated carbocycles. The predicted molar refractivity (Wildman–Crippen MR) is 137 cm³/mol. The number of H-pyrrole nitrogens is 1. The molecule has 0 saturated heterocycles. The Morgan fingerprint density at radius 3 is 2.66 bits per heavy atom. The number of guanidine groups is 1. The van der Waals surface area contributed by atoms with Gasteiger partial charge in [-0.2, -0.15) is 10.2 Å². The van der Waals surface area contributed by atoms with Crippen molar-refractivity contribution >= 4 is 29.9 Å². The Morgan fingerprint density at radius 2 is 1.94 bits per heavy atom. The first-order valence-corrected chi connectivity index (χ1v) is 10.4. The molecule has 0 fully saturated rings. The molecule has 0 aliphatic rings. The molecule has 0 radical (unpaired) electrons. The summed E-state index contributed by atoms with van der Waals surface area (Å²) in [5, 5.41) is 17.8. The number of nitrogens with zero attached hydrogens (tertiary/aromatic N) is 5. The van der Waals surface area contributed by atoms with E-state index < -0.39 is 0 Å². The second-order valence-corrected chi connectivity index (χ2v) is 7.02. The lowest BCUT2D eigenvalue weighted by molar-refractivity contribution is 0.799. The fourth-order valence-corrected chi connectivity index (χ4v) is 3.24. The number of hydrogen-bond donors (Lipinski definition) is 3. The largest absolute Gasteiger partial charge is 0.357 e. The Balaban J connectivity index is 0.00000289. The highest BCUT2D eigenvalue weighted by Crippen LogP contribution is 2.16. The summed E-state index contributed by atoms with van der Waals surface area (Å²) in [6, 6.07) is 18.5. The van der Waals surface area contributed by atoms with Gasteiger partial charge in [-0.1, -0.05) is 30.3 Å². The first-order valence-electron chi connectivity index (χ1n) is 10.4. The van der Waals surface area contributed by atoms with Crippen LogP contribution in [0.4, 0.5) is 0 Å². The summed E-state index contributed by atoms with van der Waals surface area (Å²) < 4.78 is 1.86. The molecular formula is C23H27IN8. The number of aliphatic imine (C=N–C) groups is 1. The monoisotopic (exact) mass is 542 g/mol. The molecule has 0 spiro atoms. The zero-order valence-corrected chi connectivity index (χ0v) is 20.2. The molecule has 0 aliphatic heterocycles. The van der Waals surface area contributed by atoms with Crippen molar-refractivity contribution in [2.75, 3.05) is 13.1 Å². The van der Waals surface area contributed by atoms with Crippen LogP contribution >= 0.6 is 24.0 Å². The number of nitrogens with one attached hydrogen (secondary N) is 3. The van der Waals surface area contributed by atoms with Crippen LogP contribution in [-0.2, 0) is 13.0 Å². The van der Waals surface area contributed by atoms with Crippen LogP contribution in [0.25, 0.3) is 17.1 Å². The lowest BCUT2D eigenvalue weighted by atomic mass is 10.1. The second kappa shape index (κ2) is 12.0. The first-order chi connectivity index (χ1) is 15.3. The highest BCUT2D eigenvalue weighted by molar-refractivity contribution is 14.0. The Hall–Kier alpha value is -3.21. The van der Waals surface area contributed by atoms with Crippen LogP contribution in [0, 0.1) is 0 Å². The summed E-state index contributed by atoms with van der Waals surface area (Å²) in [7, 11) is 0. The molecule has 0 unspecified atom stereocenters. The van der Waals surface area contributed by atoms with Gasteiger partial charge in [-0.05, 0) is 48.7 Å². The molecule has 0 atom stereocenters. The maximum Gasteiger partial charge on any atom is 0.191 e. The summed E-state index contributed by atoms with van der Waals surface area (Å²) in [5.74, 6) is 1.56. The first kappa shape index (κ1) is 23.5. The molecule has 3 N–H and O–H groups in total. The van der Waals surface area contributed by atoms with Crippen molar-refractivity contribution in [2.24, 2.45) is 4.99 Å². The van der Waals surface area contributed by atoms with Gasteiger partial charge >= 0.3 is 0 Å². The Morgan fingerprint density at radius 1 is 1.06 bits per heavy atom. The Labute approximate surface area is 204 Å². The minimum absolute atomic E-state index is 0. The number of aromatic amines is 1. The molecule has 9 heteroatoms. The summed E-state index contributed by atoms with van der Waals surface area (Å²) in [6.07, 6.45) is 6.14. The van der Waals surface area contributed by atoms with E-state index in [2.05, 4.69) is 74.2 Å². The van der Waals surface area contributed by atoms with Crippen molar-refractivity contribution in [1.29, 1.82) is 0 Å². The summed E-state index contributed by atoms with van der Waals surface area (Å²) >= 11 is 0. The number of benzene rings is 2. The molecule has 4 rings (SSSR count). The molecule has 2 heterocycles. The van der Waals surface area contributed by atoms with Crippen molar-refractivity contribution in [2.45, 2.75) is 19.9 Å². The third-order valence-electron chi connectivity index (χ3n) is 4.79. The van der Waals surface area contributed by atoms with E-state index >= 15 is 0 Å². The van der Waals surface area contributed by atoms with E-state index in [4.69, 9.17) is 4.99 Å². The van der Waals surface area contributed by atoms with E-state index in [1.807, 2.05) is 29.1 Å². The zero-order valence-electron chi connectivity index (χ0n) is 17.9. The lowest BCUT2D eigenvalue weighted by Crippen LogP contribution is -2.38. The maximum absolute atomic E-state index is 4.72. The van der Waals surface area contributed by atoms with Crippen LogP contribution in [0.5, 0.6) is 0 Å². The van der Waals surface area contributed by atoms with Gasteiger partial charge in [-0.25, -0.2) is 14.7 Å². The van der Waals surface area contributed by atoms with Gasteiger partial charge in [0.25, 0.3) is 0 Å². The Bertz CT molecular complexity index is 1090. The zero-order chi connectivity index (χ0) is 21.3. The fraction of sp³-hybridized carbons (Fsp3) is 0.217. The fourth-order valence-electron chi connectivity index (χ4n) is 3.24. The van der Waals surface area contributed by atoms with Crippen LogP contribution in [0.1, 0.15) is 18.1 Å². The summed E-state index contributed by atoms with van der Waals surface area (Å²) in [6.45, 7) is 4.25. The quantitative estimate of drug-likeness (QED) is 0.180. The average Bonchev–Trinajstić information content (AvgIpc) is 3.53. The molecule has 166 valence electrons. The van der Waals surface area contributed by atoms with Crippen LogP contribution in [-0.4, -0.2) is 44.0 Å². The average molecular weight is 542 g/mol. The van der Waals surface area contributed by atoms with Crippen LogP contribution in [0.15, 0.2) is 78.3 Å². The van der Waals surface area contributed by atoms with E-state index in [1.165, 1.54) is 11.9 Å². The van der Waals surface area contributed by atoms with E-state index in [0.29, 0.717) is 6.54 Å². The van der Waals surface area contributed by atoms with Crippen LogP contribution < -0.4 is 10.6 Å². The highest BCUT2D eigenvalue weighted by atomic mass is 127. The maximum atomic E-state index is 4.72. The van der Waals surface area contributed by atoms with Gasteiger partial charge in [0.15, 0.2) is 11.8 Å². The van der Waals surface area contributed by atoms with Crippen molar-refractivity contribution in [3.05, 3.63) is 84.4 Å². The third-order valence-corrected chi connectivity index (χ3v) is 4.79. The molecule has 8 nitrogen and oxygen atoms in total. The van der Waals surface area contributed by atoms with Crippen molar-refractivity contribution in [3.63, 3.8) is 0 Å². The van der Waals surface area contributed by atoms with Crippen molar-refractivity contribution in [1.82, 2.24) is 35.6 Å².